The van der Waals surface area contributed by atoms with E-state index >= 15 is 0 Å². The van der Waals surface area contributed by atoms with Crippen LogP contribution in [0.2, 0.25) is 0 Å². The highest BCUT2D eigenvalue weighted by Gasteiger charge is 2.23. The molecule has 3 rings (SSSR count). The van der Waals surface area contributed by atoms with Crippen LogP contribution < -0.4 is 9.62 Å². The molecule has 0 unspecified atom stereocenters. The summed E-state index contributed by atoms with van der Waals surface area (Å²) in [5.74, 6) is -3.64. The first-order valence-electron chi connectivity index (χ1n) is 9.04. The maximum atomic E-state index is 13.4. The summed E-state index contributed by atoms with van der Waals surface area (Å²) in [7, 11) is -4.21. The van der Waals surface area contributed by atoms with Crippen LogP contribution in [-0.4, -0.2) is 57.1 Å². The molecule has 0 aromatic heterocycles. The molecule has 0 amide bonds. The minimum absolute atomic E-state index is 0.0167. The predicted octanol–water partition coefficient (Wildman–Crippen LogP) is 2.61. The third-order valence-electron chi connectivity index (χ3n) is 4.84. The normalized spacial score (nSPS) is 15.3. The molecule has 1 fully saturated rings. The van der Waals surface area contributed by atoms with E-state index in [0.717, 1.165) is 25.7 Å². The average molecular weight is 425 g/mol. The zero-order chi connectivity index (χ0) is 21.2. The molecular weight excluding hydrogens is 404 g/mol. The van der Waals surface area contributed by atoms with Gasteiger partial charge in [0.25, 0.3) is 10.0 Å². The Bertz CT molecular complexity index is 1020. The van der Waals surface area contributed by atoms with Gasteiger partial charge in [-0.15, -0.1) is 0 Å². The molecule has 1 heterocycles. The monoisotopic (exact) mass is 425 g/mol. The van der Waals surface area contributed by atoms with Crippen LogP contribution in [0.4, 0.5) is 20.2 Å². The first-order valence-corrected chi connectivity index (χ1v) is 10.5. The fourth-order valence-electron chi connectivity index (χ4n) is 3.21. The smallest absolute Gasteiger partial charge is 0.337 e. The summed E-state index contributed by atoms with van der Waals surface area (Å²) < 4.78 is 53.5. The summed E-state index contributed by atoms with van der Waals surface area (Å²) in [5.41, 5.74) is 0.479. The third kappa shape index (κ3) is 4.65. The molecule has 0 atom stereocenters. The van der Waals surface area contributed by atoms with Gasteiger partial charge >= 0.3 is 5.97 Å². The second-order valence-corrected chi connectivity index (χ2v) is 8.32. The Labute approximate surface area is 167 Å². The number of carboxylic acid groups (broad SMARTS) is 1. The largest absolute Gasteiger partial charge is 0.478 e. The van der Waals surface area contributed by atoms with Crippen molar-refractivity contribution in [2.24, 2.45) is 0 Å². The molecule has 7 nitrogen and oxygen atoms in total. The second-order valence-electron chi connectivity index (χ2n) is 6.64. The second kappa shape index (κ2) is 8.34. The van der Waals surface area contributed by atoms with Crippen LogP contribution in [0.5, 0.6) is 0 Å². The number of halogens is 2. The summed E-state index contributed by atoms with van der Waals surface area (Å²) in [6, 6.07) is 6.43. The summed E-state index contributed by atoms with van der Waals surface area (Å²) in [5, 5.41) is 9.60. The highest BCUT2D eigenvalue weighted by Crippen LogP contribution is 2.27. The number of piperazine rings is 1. The molecule has 10 heteroatoms. The van der Waals surface area contributed by atoms with Gasteiger partial charge < -0.3 is 14.9 Å². The number of nitrogens with zero attached hydrogens (tertiary/aromatic N) is 2. The van der Waals surface area contributed by atoms with Gasteiger partial charge in [0.05, 0.1) is 16.1 Å². The number of rotatable bonds is 6. The van der Waals surface area contributed by atoms with E-state index < -0.39 is 32.5 Å². The van der Waals surface area contributed by atoms with E-state index in [1.807, 2.05) is 4.90 Å². The van der Waals surface area contributed by atoms with Crippen molar-refractivity contribution in [1.29, 1.82) is 0 Å². The van der Waals surface area contributed by atoms with Gasteiger partial charge in [0.1, 0.15) is 0 Å². The van der Waals surface area contributed by atoms with Crippen LogP contribution >= 0.6 is 0 Å². The lowest BCUT2D eigenvalue weighted by molar-refractivity contribution is 0.0697. The molecule has 156 valence electrons. The summed E-state index contributed by atoms with van der Waals surface area (Å²) in [6.07, 6.45) is 0. The van der Waals surface area contributed by atoms with Gasteiger partial charge in [-0.05, 0) is 42.9 Å². The zero-order valence-electron chi connectivity index (χ0n) is 15.7. The average Bonchev–Trinajstić information content (AvgIpc) is 2.69. The predicted molar refractivity (Wildman–Crippen MR) is 105 cm³/mol. The number of hydrogen-bond donors (Lipinski definition) is 2. The Balaban J connectivity index is 1.86. The standard InChI is InChI=1S/C19H21F2N3O4S/c1-2-23-7-9-24(10-8-23)18-6-3-13(11-15(18)19(25)26)22-29(27,28)14-4-5-16(20)17(21)12-14/h3-6,11-12,22H,2,7-10H2,1H3,(H,25,26). The summed E-state index contributed by atoms with van der Waals surface area (Å²) in [4.78, 5) is 15.5. The molecule has 0 bridgehead atoms. The third-order valence-corrected chi connectivity index (χ3v) is 6.22. The lowest BCUT2D eigenvalue weighted by Gasteiger charge is -2.36. The molecule has 0 aliphatic carbocycles. The molecule has 2 N–H and O–H groups in total. The van der Waals surface area contributed by atoms with Crippen molar-refractivity contribution in [3.05, 3.63) is 53.6 Å². The van der Waals surface area contributed by atoms with E-state index in [1.165, 1.54) is 12.1 Å². The zero-order valence-corrected chi connectivity index (χ0v) is 16.5. The first kappa shape index (κ1) is 21.0. The number of carbonyl (C=O) groups is 1. The Kier molecular flexibility index (Phi) is 6.04. The maximum absolute atomic E-state index is 13.4. The number of likely N-dealkylation sites (N-methyl/N-ethyl adjacent to an activating group) is 1. The number of nitrogens with one attached hydrogen (secondary N) is 1. The van der Waals surface area contributed by atoms with Crippen LogP contribution in [0, 0.1) is 11.6 Å². The number of benzene rings is 2. The van der Waals surface area contributed by atoms with Gasteiger partial charge in [-0.2, -0.15) is 0 Å². The number of hydrogen-bond acceptors (Lipinski definition) is 5. The quantitative estimate of drug-likeness (QED) is 0.740. The van der Waals surface area contributed by atoms with E-state index in [1.54, 1.807) is 6.07 Å². The molecule has 1 aliphatic rings. The minimum Gasteiger partial charge on any atom is -0.478 e. The van der Waals surface area contributed by atoms with E-state index in [4.69, 9.17) is 0 Å². The molecule has 0 saturated carbocycles. The van der Waals surface area contributed by atoms with E-state index in [9.17, 15) is 27.1 Å². The van der Waals surface area contributed by atoms with E-state index in [0.29, 0.717) is 30.9 Å². The van der Waals surface area contributed by atoms with Crippen LogP contribution in [0.3, 0.4) is 0 Å². The van der Waals surface area contributed by atoms with Gasteiger partial charge in [0.15, 0.2) is 11.6 Å². The highest BCUT2D eigenvalue weighted by atomic mass is 32.2. The molecule has 1 aliphatic heterocycles. The number of carboxylic acids is 1. The molecule has 29 heavy (non-hydrogen) atoms. The van der Waals surface area contributed by atoms with Gasteiger partial charge in [-0.1, -0.05) is 6.92 Å². The van der Waals surface area contributed by atoms with Crippen molar-refractivity contribution in [3.8, 4) is 0 Å². The fourth-order valence-corrected chi connectivity index (χ4v) is 4.27. The Hall–Kier alpha value is -2.72. The van der Waals surface area contributed by atoms with E-state index in [2.05, 4.69) is 16.5 Å². The van der Waals surface area contributed by atoms with Gasteiger partial charge in [0.2, 0.25) is 0 Å². The number of anilines is 2. The van der Waals surface area contributed by atoms with Gasteiger partial charge in [-0.3, -0.25) is 4.72 Å². The molecule has 1 saturated heterocycles. The fraction of sp³-hybridized carbons (Fsp3) is 0.316. The van der Waals surface area contributed by atoms with Crippen molar-refractivity contribution in [2.75, 3.05) is 42.3 Å². The Morgan fingerprint density at radius 1 is 1.07 bits per heavy atom. The molecule has 0 radical (unpaired) electrons. The van der Waals surface area contributed by atoms with Crippen molar-refractivity contribution >= 4 is 27.4 Å². The van der Waals surface area contributed by atoms with Crippen LogP contribution in [-0.2, 0) is 10.0 Å². The summed E-state index contributed by atoms with van der Waals surface area (Å²) >= 11 is 0. The van der Waals surface area contributed by atoms with E-state index in [-0.39, 0.29) is 11.3 Å². The van der Waals surface area contributed by atoms with Crippen molar-refractivity contribution in [1.82, 2.24) is 4.90 Å². The summed E-state index contributed by atoms with van der Waals surface area (Å²) in [6.45, 7) is 5.92. The van der Waals surface area contributed by atoms with Gasteiger partial charge in [-0.25, -0.2) is 22.0 Å². The van der Waals surface area contributed by atoms with Crippen molar-refractivity contribution in [2.45, 2.75) is 11.8 Å². The lowest BCUT2D eigenvalue weighted by Crippen LogP contribution is -2.46. The Morgan fingerprint density at radius 3 is 2.34 bits per heavy atom. The molecule has 2 aromatic carbocycles. The lowest BCUT2D eigenvalue weighted by atomic mass is 10.1. The molecular formula is C19H21F2N3O4S. The Morgan fingerprint density at radius 2 is 1.76 bits per heavy atom. The van der Waals surface area contributed by atoms with Crippen LogP contribution in [0.15, 0.2) is 41.3 Å². The SMILES string of the molecule is CCN1CCN(c2ccc(NS(=O)(=O)c3ccc(F)c(F)c3)cc2C(=O)O)CC1. The number of sulfonamides is 1. The van der Waals surface area contributed by atoms with Crippen LogP contribution in [0.25, 0.3) is 0 Å². The topological polar surface area (TPSA) is 90.0 Å². The highest BCUT2D eigenvalue weighted by molar-refractivity contribution is 7.92. The van der Waals surface area contributed by atoms with Crippen molar-refractivity contribution in [3.63, 3.8) is 0 Å². The number of aromatic carboxylic acids is 1. The van der Waals surface area contributed by atoms with Crippen molar-refractivity contribution < 1.29 is 27.1 Å². The molecule has 2 aromatic rings. The molecule has 0 spiro atoms. The minimum atomic E-state index is -4.21. The van der Waals surface area contributed by atoms with Crippen LogP contribution in [0.1, 0.15) is 17.3 Å². The maximum Gasteiger partial charge on any atom is 0.337 e. The van der Waals surface area contributed by atoms with Gasteiger partial charge in [0, 0.05) is 31.9 Å². The first-order chi connectivity index (χ1) is 13.7.